The summed E-state index contributed by atoms with van der Waals surface area (Å²) in [6.07, 6.45) is 4.51. The molecule has 7 heteroatoms. The third kappa shape index (κ3) is 3.62. The Hall–Kier alpha value is -2.67. The lowest BCUT2D eigenvalue weighted by Gasteiger charge is -2.18. The maximum absolute atomic E-state index is 11.6. The molecule has 7 nitrogen and oxygen atoms in total. The van der Waals surface area contributed by atoms with E-state index < -0.39 is 5.91 Å². The second-order valence-corrected chi connectivity index (χ2v) is 6.16. The van der Waals surface area contributed by atoms with Crippen LogP contribution < -0.4 is 22.1 Å². The fourth-order valence-electron chi connectivity index (χ4n) is 2.92. The first-order valence-corrected chi connectivity index (χ1v) is 8.05. The predicted octanol–water partition coefficient (Wildman–Crippen LogP) is 1.92. The molecule has 2 atom stereocenters. The minimum atomic E-state index is -0.575. The molecule has 1 aromatic carbocycles. The first kappa shape index (κ1) is 16.2. The van der Waals surface area contributed by atoms with Gasteiger partial charge in [0.2, 0.25) is 5.95 Å². The summed E-state index contributed by atoms with van der Waals surface area (Å²) in [7, 11) is 0. The Bertz CT molecular complexity index is 748. The lowest BCUT2D eigenvalue weighted by Crippen LogP contribution is -2.35. The number of nitrogens with two attached hydrogens (primary N) is 2. The summed E-state index contributed by atoms with van der Waals surface area (Å²) in [6.45, 7) is 1.99. The first-order chi connectivity index (χ1) is 11.5. The van der Waals surface area contributed by atoms with Gasteiger partial charge in [0, 0.05) is 24.0 Å². The lowest BCUT2D eigenvalue weighted by atomic mass is 10.2. The van der Waals surface area contributed by atoms with Crippen LogP contribution in [-0.4, -0.2) is 28.0 Å². The van der Waals surface area contributed by atoms with Gasteiger partial charge in [0.05, 0.1) is 0 Å². The second-order valence-electron chi connectivity index (χ2n) is 6.16. The fraction of sp³-hybridized carbons (Fsp3) is 0.353. The zero-order valence-corrected chi connectivity index (χ0v) is 13.6. The normalized spacial score (nSPS) is 19.9. The summed E-state index contributed by atoms with van der Waals surface area (Å²) < 4.78 is 0. The Morgan fingerprint density at radius 1 is 1.33 bits per heavy atom. The molecule has 0 radical (unpaired) electrons. The zero-order chi connectivity index (χ0) is 17.1. The van der Waals surface area contributed by atoms with Gasteiger partial charge in [0.25, 0.3) is 5.91 Å². The number of carbonyl (C=O) groups excluding carboxylic acids is 1. The maximum Gasteiger partial charge on any atom is 0.254 e. The number of hydrogen-bond acceptors (Lipinski definition) is 6. The molecule has 1 amide bonds. The van der Waals surface area contributed by atoms with Crippen molar-refractivity contribution in [2.75, 3.05) is 10.6 Å². The molecule has 0 saturated heterocycles. The van der Waals surface area contributed by atoms with Crippen molar-refractivity contribution in [2.24, 2.45) is 11.5 Å². The van der Waals surface area contributed by atoms with Crippen LogP contribution in [0.1, 0.15) is 35.2 Å². The van der Waals surface area contributed by atoms with E-state index in [0.717, 1.165) is 30.5 Å². The Morgan fingerprint density at radius 3 is 2.83 bits per heavy atom. The lowest BCUT2D eigenvalue weighted by molar-refractivity contribution is 0.100. The van der Waals surface area contributed by atoms with Crippen LogP contribution in [0.4, 0.5) is 17.5 Å². The molecule has 1 heterocycles. The van der Waals surface area contributed by atoms with Gasteiger partial charge in [-0.1, -0.05) is 12.1 Å². The van der Waals surface area contributed by atoms with Gasteiger partial charge in [0.1, 0.15) is 11.4 Å². The highest BCUT2D eigenvalue weighted by molar-refractivity contribution is 5.98. The van der Waals surface area contributed by atoms with Crippen molar-refractivity contribution in [3.05, 3.63) is 41.6 Å². The number of aromatic nitrogens is 2. The molecule has 0 aliphatic heterocycles. The van der Waals surface area contributed by atoms with Gasteiger partial charge in [-0.05, 0) is 43.9 Å². The summed E-state index contributed by atoms with van der Waals surface area (Å²) in [6, 6.07) is 8.04. The summed E-state index contributed by atoms with van der Waals surface area (Å²) in [4.78, 5) is 20.3. The van der Waals surface area contributed by atoms with Gasteiger partial charge in [-0.15, -0.1) is 0 Å². The number of anilines is 3. The topological polar surface area (TPSA) is 119 Å². The van der Waals surface area contributed by atoms with Crippen LogP contribution in [0.15, 0.2) is 30.5 Å². The van der Waals surface area contributed by atoms with E-state index in [1.54, 1.807) is 0 Å². The molecule has 6 N–H and O–H groups in total. The molecule has 3 rings (SSSR count). The highest BCUT2D eigenvalue weighted by Gasteiger charge is 2.24. The molecule has 1 aliphatic carbocycles. The van der Waals surface area contributed by atoms with E-state index in [9.17, 15) is 4.79 Å². The molecule has 1 aliphatic rings. The minimum Gasteiger partial charge on any atom is -0.365 e. The minimum absolute atomic E-state index is 0.0950. The van der Waals surface area contributed by atoms with E-state index in [1.165, 1.54) is 6.20 Å². The molecule has 126 valence electrons. The summed E-state index contributed by atoms with van der Waals surface area (Å²) >= 11 is 0. The van der Waals surface area contributed by atoms with Crippen molar-refractivity contribution in [2.45, 2.75) is 38.3 Å². The largest absolute Gasteiger partial charge is 0.365 e. The number of nitrogens with zero attached hydrogens (tertiary/aromatic N) is 2. The zero-order valence-electron chi connectivity index (χ0n) is 13.6. The number of carbonyl (C=O) groups is 1. The molecule has 1 saturated carbocycles. The maximum atomic E-state index is 11.6. The first-order valence-electron chi connectivity index (χ1n) is 8.05. The monoisotopic (exact) mass is 326 g/mol. The molecule has 0 spiro atoms. The molecule has 2 unspecified atom stereocenters. The van der Waals surface area contributed by atoms with E-state index in [0.29, 0.717) is 11.8 Å². The number of benzene rings is 1. The molecule has 1 fully saturated rings. The van der Waals surface area contributed by atoms with Crippen molar-refractivity contribution in [3.8, 4) is 0 Å². The van der Waals surface area contributed by atoms with Crippen molar-refractivity contribution in [3.63, 3.8) is 0 Å². The van der Waals surface area contributed by atoms with Gasteiger partial charge < -0.3 is 22.1 Å². The second kappa shape index (κ2) is 6.84. The van der Waals surface area contributed by atoms with Crippen LogP contribution in [0.25, 0.3) is 0 Å². The highest BCUT2D eigenvalue weighted by atomic mass is 16.1. The van der Waals surface area contributed by atoms with Gasteiger partial charge in [-0.3, -0.25) is 4.79 Å². The summed E-state index contributed by atoms with van der Waals surface area (Å²) in [5.41, 5.74) is 13.7. The standard InChI is InChI=1S/C17H22N6O/c1-10-4-2-5-11(8-10)21-16-12(15(19)24)9-20-17(23-16)22-14-7-3-6-13(14)18/h2,4-5,8-9,13-14H,3,6-7,18H2,1H3,(H2,19,24)(H2,20,21,22,23). The van der Waals surface area contributed by atoms with E-state index >= 15 is 0 Å². The van der Waals surface area contributed by atoms with E-state index in [4.69, 9.17) is 11.5 Å². The molecule has 24 heavy (non-hydrogen) atoms. The van der Waals surface area contributed by atoms with Crippen molar-refractivity contribution in [1.82, 2.24) is 9.97 Å². The number of amides is 1. The molecule has 2 aromatic rings. The SMILES string of the molecule is Cc1cccc(Nc2nc(NC3CCCC3N)ncc2C(N)=O)c1. The quantitative estimate of drug-likeness (QED) is 0.666. The Balaban J connectivity index is 1.87. The highest BCUT2D eigenvalue weighted by Crippen LogP contribution is 2.23. The molecular formula is C17H22N6O. The average molecular weight is 326 g/mol. The van der Waals surface area contributed by atoms with E-state index in [-0.39, 0.29) is 17.6 Å². The third-order valence-electron chi connectivity index (χ3n) is 4.22. The van der Waals surface area contributed by atoms with Gasteiger partial charge >= 0.3 is 0 Å². The van der Waals surface area contributed by atoms with Crippen LogP contribution in [0.5, 0.6) is 0 Å². The molecular weight excluding hydrogens is 304 g/mol. The van der Waals surface area contributed by atoms with Crippen molar-refractivity contribution >= 4 is 23.4 Å². The van der Waals surface area contributed by atoms with Crippen LogP contribution in [0, 0.1) is 6.92 Å². The molecule has 0 bridgehead atoms. The van der Waals surface area contributed by atoms with Crippen LogP contribution in [0.2, 0.25) is 0 Å². The Kier molecular flexibility index (Phi) is 4.61. The van der Waals surface area contributed by atoms with Crippen molar-refractivity contribution < 1.29 is 4.79 Å². The number of primary amides is 1. The van der Waals surface area contributed by atoms with Crippen molar-refractivity contribution in [1.29, 1.82) is 0 Å². The van der Waals surface area contributed by atoms with Crippen LogP contribution in [-0.2, 0) is 0 Å². The van der Waals surface area contributed by atoms with Gasteiger partial charge in [0.15, 0.2) is 0 Å². The number of hydrogen-bond donors (Lipinski definition) is 4. The average Bonchev–Trinajstić information content (AvgIpc) is 2.92. The van der Waals surface area contributed by atoms with Crippen LogP contribution in [0.3, 0.4) is 0 Å². The Morgan fingerprint density at radius 2 is 2.17 bits per heavy atom. The van der Waals surface area contributed by atoms with E-state index in [2.05, 4.69) is 20.6 Å². The number of rotatable bonds is 5. The predicted molar refractivity (Wildman–Crippen MR) is 94.2 cm³/mol. The number of aryl methyl sites for hydroxylation is 1. The van der Waals surface area contributed by atoms with Crippen LogP contribution >= 0.6 is 0 Å². The smallest absolute Gasteiger partial charge is 0.254 e. The van der Waals surface area contributed by atoms with Gasteiger partial charge in [-0.2, -0.15) is 4.98 Å². The number of nitrogens with one attached hydrogen (secondary N) is 2. The summed E-state index contributed by atoms with van der Waals surface area (Å²) in [5.74, 6) is 0.254. The third-order valence-corrected chi connectivity index (χ3v) is 4.22. The van der Waals surface area contributed by atoms with Gasteiger partial charge in [-0.25, -0.2) is 4.98 Å². The Labute approximate surface area is 140 Å². The fourth-order valence-corrected chi connectivity index (χ4v) is 2.92. The molecule has 1 aromatic heterocycles. The van der Waals surface area contributed by atoms with E-state index in [1.807, 2.05) is 31.2 Å². The summed E-state index contributed by atoms with van der Waals surface area (Å²) in [5, 5.41) is 6.40.